The van der Waals surface area contributed by atoms with Crippen molar-refractivity contribution in [2.75, 3.05) is 18.5 Å². The van der Waals surface area contributed by atoms with E-state index < -0.39 is 0 Å². The molecule has 3 N–H and O–H groups in total. The van der Waals surface area contributed by atoms with Crippen molar-refractivity contribution < 1.29 is 4.39 Å². The van der Waals surface area contributed by atoms with Crippen LogP contribution >= 0.6 is 11.6 Å². The van der Waals surface area contributed by atoms with Gasteiger partial charge >= 0.3 is 0 Å². The predicted octanol–water partition coefficient (Wildman–Crippen LogP) is 1.99. The monoisotopic (exact) mass is 282 g/mol. The summed E-state index contributed by atoms with van der Waals surface area (Å²) in [5, 5.41) is 3.17. The van der Waals surface area contributed by atoms with E-state index in [1.54, 1.807) is 6.20 Å². The predicted molar refractivity (Wildman–Crippen MR) is 73.7 cm³/mol. The second-order valence-electron chi connectivity index (χ2n) is 4.57. The Bertz CT molecular complexity index is 491. The van der Waals surface area contributed by atoms with Crippen molar-refractivity contribution >= 4 is 17.4 Å². The topological polar surface area (TPSA) is 63.8 Å². The van der Waals surface area contributed by atoms with E-state index in [1.165, 1.54) is 0 Å². The molecule has 0 atom stereocenters. The molecule has 1 aliphatic carbocycles. The van der Waals surface area contributed by atoms with Gasteiger partial charge in [0.1, 0.15) is 5.82 Å². The average Bonchev–Trinajstić information content (AvgIpc) is 2.35. The van der Waals surface area contributed by atoms with E-state index in [0.717, 1.165) is 12.8 Å². The molecule has 0 spiro atoms. The fourth-order valence-corrected chi connectivity index (χ4v) is 1.95. The zero-order valence-corrected chi connectivity index (χ0v) is 11.3. The Morgan fingerprint density at radius 2 is 2.32 bits per heavy atom. The van der Waals surface area contributed by atoms with Crippen LogP contribution in [-0.4, -0.2) is 29.2 Å². The van der Waals surface area contributed by atoms with Gasteiger partial charge in [0.15, 0.2) is 0 Å². The molecule has 0 radical (unpaired) electrons. The van der Waals surface area contributed by atoms with E-state index >= 15 is 0 Å². The number of nitrogens with zero attached hydrogens (tertiary/aromatic N) is 2. The van der Waals surface area contributed by atoms with E-state index in [-0.39, 0.29) is 18.0 Å². The van der Waals surface area contributed by atoms with E-state index in [4.69, 9.17) is 17.3 Å². The standard InChI is InChI=1S/C13H16ClFN4/c14-13-18-8-10(3-2-9-6-11(16)7-9)12(19-13)17-5-1-4-15/h8-9,11H,1,4-7,16H2,(H,17,18,19). The Balaban J connectivity index is 2.05. The van der Waals surface area contributed by atoms with Gasteiger partial charge < -0.3 is 11.1 Å². The van der Waals surface area contributed by atoms with Gasteiger partial charge in [-0.2, -0.15) is 4.98 Å². The van der Waals surface area contributed by atoms with Crippen LogP contribution in [0.25, 0.3) is 0 Å². The van der Waals surface area contributed by atoms with Crippen molar-refractivity contribution in [3.8, 4) is 11.8 Å². The van der Waals surface area contributed by atoms with Crippen LogP contribution in [0.4, 0.5) is 10.2 Å². The highest BCUT2D eigenvalue weighted by molar-refractivity contribution is 6.28. The summed E-state index contributed by atoms with van der Waals surface area (Å²) < 4.78 is 12.1. The van der Waals surface area contributed by atoms with Crippen molar-refractivity contribution in [2.45, 2.75) is 25.3 Å². The van der Waals surface area contributed by atoms with E-state index in [1.807, 2.05) is 0 Å². The quantitative estimate of drug-likeness (QED) is 0.504. The number of hydrogen-bond acceptors (Lipinski definition) is 4. The number of alkyl halides is 1. The third kappa shape index (κ3) is 4.05. The summed E-state index contributed by atoms with van der Waals surface area (Å²) in [6.45, 7) is 0.125. The van der Waals surface area contributed by atoms with Crippen molar-refractivity contribution in [3.05, 3.63) is 17.0 Å². The minimum absolute atomic E-state index is 0.152. The molecular weight excluding hydrogens is 267 g/mol. The molecule has 2 rings (SSSR count). The summed E-state index contributed by atoms with van der Waals surface area (Å²) in [5.41, 5.74) is 6.39. The van der Waals surface area contributed by atoms with E-state index in [2.05, 4.69) is 27.1 Å². The molecule has 6 heteroatoms. The molecule has 1 fully saturated rings. The van der Waals surface area contributed by atoms with Crippen LogP contribution in [0, 0.1) is 17.8 Å². The number of hydrogen-bond donors (Lipinski definition) is 2. The molecule has 102 valence electrons. The minimum atomic E-state index is -0.368. The normalized spacial score (nSPS) is 21.2. The zero-order valence-electron chi connectivity index (χ0n) is 10.5. The van der Waals surface area contributed by atoms with Gasteiger partial charge in [-0.1, -0.05) is 11.8 Å². The first kappa shape index (κ1) is 14.0. The number of aromatic nitrogens is 2. The first-order chi connectivity index (χ1) is 9.19. The Labute approximate surface area is 117 Å². The van der Waals surface area contributed by atoms with Crippen molar-refractivity contribution in [2.24, 2.45) is 11.7 Å². The average molecular weight is 283 g/mol. The maximum atomic E-state index is 12.1. The first-order valence-electron chi connectivity index (χ1n) is 6.28. The number of nitrogens with one attached hydrogen (secondary N) is 1. The van der Waals surface area contributed by atoms with E-state index in [9.17, 15) is 4.39 Å². The fourth-order valence-electron chi connectivity index (χ4n) is 1.82. The Morgan fingerprint density at radius 1 is 1.53 bits per heavy atom. The van der Waals surface area contributed by atoms with Crippen LogP contribution in [0.1, 0.15) is 24.8 Å². The largest absolute Gasteiger partial charge is 0.369 e. The molecule has 19 heavy (non-hydrogen) atoms. The molecule has 1 saturated carbocycles. The maximum Gasteiger partial charge on any atom is 0.224 e. The lowest BCUT2D eigenvalue weighted by atomic mass is 9.81. The lowest BCUT2D eigenvalue weighted by Gasteiger charge is -2.27. The number of nitrogens with two attached hydrogens (primary N) is 1. The Kier molecular flexibility index (Phi) is 4.94. The summed E-state index contributed by atoms with van der Waals surface area (Å²) in [4.78, 5) is 7.99. The third-order valence-corrected chi connectivity index (χ3v) is 3.13. The first-order valence-corrected chi connectivity index (χ1v) is 6.66. The van der Waals surface area contributed by atoms with Gasteiger partial charge in [-0.15, -0.1) is 0 Å². The van der Waals surface area contributed by atoms with Gasteiger partial charge in [0.05, 0.1) is 12.2 Å². The van der Waals surface area contributed by atoms with Gasteiger partial charge in [0.2, 0.25) is 5.28 Å². The maximum absolute atomic E-state index is 12.1. The SMILES string of the molecule is NC1CC(C#Cc2cnc(Cl)nc2NCCCF)C1. The van der Waals surface area contributed by atoms with Crippen LogP contribution in [0.2, 0.25) is 5.28 Å². The summed E-state index contributed by atoms with van der Waals surface area (Å²) >= 11 is 5.75. The second-order valence-corrected chi connectivity index (χ2v) is 4.91. The van der Waals surface area contributed by atoms with E-state index in [0.29, 0.717) is 30.3 Å². The minimum Gasteiger partial charge on any atom is -0.369 e. The third-order valence-electron chi connectivity index (χ3n) is 2.95. The molecule has 0 unspecified atom stereocenters. The molecule has 0 amide bonds. The lowest BCUT2D eigenvalue weighted by Crippen LogP contribution is -2.35. The summed E-state index contributed by atoms with van der Waals surface area (Å²) in [6.07, 6.45) is 3.88. The van der Waals surface area contributed by atoms with Gasteiger partial charge in [-0.05, 0) is 30.9 Å². The summed E-state index contributed by atoms with van der Waals surface area (Å²) in [7, 11) is 0. The van der Waals surface area contributed by atoms with Crippen LogP contribution in [0.5, 0.6) is 0 Å². The van der Waals surface area contributed by atoms with Crippen LogP contribution < -0.4 is 11.1 Å². The van der Waals surface area contributed by atoms with Crippen LogP contribution in [0.3, 0.4) is 0 Å². The molecule has 0 saturated heterocycles. The molecule has 0 bridgehead atoms. The van der Waals surface area contributed by atoms with Crippen LogP contribution in [-0.2, 0) is 0 Å². The van der Waals surface area contributed by atoms with Crippen molar-refractivity contribution in [1.82, 2.24) is 9.97 Å². The smallest absolute Gasteiger partial charge is 0.224 e. The number of halogens is 2. The highest BCUT2D eigenvalue weighted by Gasteiger charge is 2.23. The lowest BCUT2D eigenvalue weighted by molar-refractivity contribution is 0.335. The van der Waals surface area contributed by atoms with Crippen LogP contribution in [0.15, 0.2) is 6.20 Å². The zero-order chi connectivity index (χ0) is 13.7. The highest BCUT2D eigenvalue weighted by atomic mass is 35.5. The molecule has 1 aromatic heterocycles. The second kappa shape index (κ2) is 6.69. The number of rotatable bonds is 4. The summed E-state index contributed by atoms with van der Waals surface area (Å²) in [5.74, 6) is 7.10. The Morgan fingerprint density at radius 3 is 3.00 bits per heavy atom. The molecule has 1 heterocycles. The van der Waals surface area contributed by atoms with Gasteiger partial charge in [-0.3, -0.25) is 4.39 Å². The number of anilines is 1. The Hall–Kier alpha value is -1.38. The van der Waals surface area contributed by atoms with Gasteiger partial charge in [0, 0.05) is 24.7 Å². The molecule has 0 aliphatic heterocycles. The fraction of sp³-hybridized carbons (Fsp3) is 0.538. The molecule has 4 nitrogen and oxygen atoms in total. The van der Waals surface area contributed by atoms with Gasteiger partial charge in [0.25, 0.3) is 0 Å². The molecule has 1 aliphatic rings. The van der Waals surface area contributed by atoms with Crippen molar-refractivity contribution in [1.29, 1.82) is 0 Å². The molecular formula is C13H16ClFN4. The van der Waals surface area contributed by atoms with Gasteiger partial charge in [-0.25, -0.2) is 4.98 Å². The molecule has 1 aromatic rings. The van der Waals surface area contributed by atoms with Crippen molar-refractivity contribution in [3.63, 3.8) is 0 Å². The summed E-state index contributed by atoms with van der Waals surface area (Å²) in [6, 6.07) is 0.280. The molecule has 0 aromatic carbocycles. The highest BCUT2D eigenvalue weighted by Crippen LogP contribution is 2.24.